The van der Waals surface area contributed by atoms with Crippen LogP contribution in [0.2, 0.25) is 0 Å². The van der Waals surface area contributed by atoms with Gasteiger partial charge in [0.25, 0.3) is 0 Å². The van der Waals surface area contributed by atoms with Gasteiger partial charge in [0, 0.05) is 38.8 Å². The van der Waals surface area contributed by atoms with Gasteiger partial charge in [-0.1, -0.05) is 48.0 Å². The van der Waals surface area contributed by atoms with Gasteiger partial charge in [0.1, 0.15) is 0 Å². The molecular formula is C26H54N4. The Hall–Kier alpha value is -0.770. The Balaban J connectivity index is 2.40. The summed E-state index contributed by atoms with van der Waals surface area (Å²) in [5, 5.41) is 0. The third-order valence-electron chi connectivity index (χ3n) is 7.67. The zero-order valence-electron chi connectivity index (χ0n) is 22.3. The van der Waals surface area contributed by atoms with Crippen LogP contribution in [0.1, 0.15) is 100 Å². The van der Waals surface area contributed by atoms with E-state index in [1.165, 1.54) is 57.5 Å². The molecule has 4 nitrogen and oxygen atoms in total. The minimum absolute atomic E-state index is 0.306. The van der Waals surface area contributed by atoms with Crippen LogP contribution in [0.3, 0.4) is 0 Å². The van der Waals surface area contributed by atoms with Crippen LogP contribution in [0.15, 0.2) is 4.99 Å². The number of hydrogen-bond acceptors (Lipinski definition) is 2. The molecule has 0 amide bonds. The van der Waals surface area contributed by atoms with Gasteiger partial charge in [-0.15, -0.1) is 0 Å². The van der Waals surface area contributed by atoms with Gasteiger partial charge < -0.3 is 14.7 Å². The Morgan fingerprint density at radius 2 is 1.40 bits per heavy atom. The highest BCUT2D eigenvalue weighted by Crippen LogP contribution is 2.38. The Bertz CT molecular complexity index is 521. The maximum absolute atomic E-state index is 4.66. The van der Waals surface area contributed by atoms with Crippen LogP contribution in [-0.4, -0.2) is 73.0 Å². The third-order valence-corrected chi connectivity index (χ3v) is 7.67. The van der Waals surface area contributed by atoms with E-state index in [2.05, 4.69) is 82.1 Å². The fraction of sp³-hybridized carbons (Fsp3) is 0.962. The summed E-state index contributed by atoms with van der Waals surface area (Å²) in [5.41, 5.74) is 1.17. The molecule has 1 fully saturated rings. The maximum atomic E-state index is 4.66. The molecule has 0 aromatic heterocycles. The summed E-state index contributed by atoms with van der Waals surface area (Å²) < 4.78 is 0. The number of rotatable bonds is 14. The van der Waals surface area contributed by atoms with E-state index in [0.29, 0.717) is 16.4 Å². The van der Waals surface area contributed by atoms with Gasteiger partial charge in [-0.3, -0.25) is 4.99 Å². The molecule has 178 valence electrons. The van der Waals surface area contributed by atoms with E-state index in [0.717, 1.165) is 26.2 Å². The molecule has 1 saturated heterocycles. The van der Waals surface area contributed by atoms with E-state index in [9.17, 15) is 0 Å². The number of guanidine groups is 1. The summed E-state index contributed by atoms with van der Waals surface area (Å²) in [6, 6.07) is 0. The molecule has 0 atom stereocenters. The van der Waals surface area contributed by atoms with Crippen LogP contribution in [0.25, 0.3) is 0 Å². The van der Waals surface area contributed by atoms with Crippen molar-refractivity contribution < 1.29 is 0 Å². The Morgan fingerprint density at radius 1 is 0.833 bits per heavy atom. The van der Waals surface area contributed by atoms with Gasteiger partial charge in [-0.05, 0) is 76.8 Å². The lowest BCUT2D eigenvalue weighted by molar-refractivity contribution is 0.147. The fourth-order valence-electron chi connectivity index (χ4n) is 4.83. The highest BCUT2D eigenvalue weighted by molar-refractivity contribution is 5.81. The lowest BCUT2D eigenvalue weighted by Crippen LogP contribution is -2.41. The Labute approximate surface area is 189 Å². The van der Waals surface area contributed by atoms with E-state index in [-0.39, 0.29) is 0 Å². The van der Waals surface area contributed by atoms with Crippen molar-refractivity contribution in [3.8, 4) is 0 Å². The van der Waals surface area contributed by atoms with Crippen LogP contribution >= 0.6 is 0 Å². The standard InChI is InChI=1S/C26H54N4/c1-11-24(3,4)22-25(5,6)16-15-19-30-21-20-29(23(30)27-9)18-14-13-17-28(10)26(7,8)12-2/h11-22H2,1-10H3. The van der Waals surface area contributed by atoms with Crippen LogP contribution in [0.4, 0.5) is 0 Å². The lowest BCUT2D eigenvalue weighted by Gasteiger charge is -2.35. The van der Waals surface area contributed by atoms with E-state index in [1.807, 2.05) is 7.05 Å². The van der Waals surface area contributed by atoms with Gasteiger partial charge in [0.15, 0.2) is 5.96 Å². The summed E-state index contributed by atoms with van der Waals surface area (Å²) in [6.07, 6.45) is 8.82. The molecule has 1 rings (SSSR count). The molecule has 1 heterocycles. The smallest absolute Gasteiger partial charge is 0.196 e. The second-order valence-electron chi connectivity index (χ2n) is 11.8. The molecule has 0 aliphatic carbocycles. The molecule has 0 saturated carbocycles. The van der Waals surface area contributed by atoms with Gasteiger partial charge in [-0.2, -0.15) is 0 Å². The first-order chi connectivity index (χ1) is 13.9. The first-order valence-electron chi connectivity index (χ1n) is 12.6. The first kappa shape index (κ1) is 27.3. The molecular weight excluding hydrogens is 368 g/mol. The van der Waals surface area contributed by atoms with Gasteiger partial charge in [0.05, 0.1) is 0 Å². The topological polar surface area (TPSA) is 22.1 Å². The number of hydrogen-bond donors (Lipinski definition) is 0. The minimum atomic E-state index is 0.306. The quantitative estimate of drug-likeness (QED) is 0.315. The average Bonchev–Trinajstić information content (AvgIpc) is 3.05. The van der Waals surface area contributed by atoms with Gasteiger partial charge in [0.2, 0.25) is 0 Å². The molecule has 0 spiro atoms. The molecule has 0 bridgehead atoms. The largest absolute Gasteiger partial charge is 0.341 e. The minimum Gasteiger partial charge on any atom is -0.341 e. The molecule has 0 aromatic carbocycles. The number of aliphatic imine (C=N–C) groups is 1. The molecule has 0 unspecified atom stereocenters. The second kappa shape index (κ2) is 11.7. The summed E-state index contributed by atoms with van der Waals surface area (Å²) in [5.74, 6) is 1.23. The maximum Gasteiger partial charge on any atom is 0.196 e. The summed E-state index contributed by atoms with van der Waals surface area (Å²) in [4.78, 5) is 12.2. The summed E-state index contributed by atoms with van der Waals surface area (Å²) in [7, 11) is 4.23. The van der Waals surface area contributed by atoms with Gasteiger partial charge >= 0.3 is 0 Å². The number of nitrogens with zero attached hydrogens (tertiary/aromatic N) is 4. The molecule has 1 aliphatic rings. The second-order valence-corrected chi connectivity index (χ2v) is 11.8. The van der Waals surface area contributed by atoms with Crippen molar-refractivity contribution in [2.75, 3.05) is 46.8 Å². The SMILES string of the molecule is CCC(C)(C)CC(C)(C)CCCN1CCN(CCCCN(C)C(C)(C)CC)C1=NC. The van der Waals surface area contributed by atoms with Crippen molar-refractivity contribution >= 4 is 5.96 Å². The fourth-order valence-corrected chi connectivity index (χ4v) is 4.83. The normalized spacial score (nSPS) is 17.6. The van der Waals surface area contributed by atoms with E-state index in [4.69, 9.17) is 0 Å². The van der Waals surface area contributed by atoms with Crippen LogP contribution in [0.5, 0.6) is 0 Å². The lowest BCUT2D eigenvalue weighted by atomic mass is 9.72. The van der Waals surface area contributed by atoms with Crippen molar-refractivity contribution in [1.82, 2.24) is 14.7 Å². The van der Waals surface area contributed by atoms with E-state index < -0.39 is 0 Å². The van der Waals surface area contributed by atoms with Crippen molar-refractivity contribution in [2.24, 2.45) is 15.8 Å². The van der Waals surface area contributed by atoms with E-state index >= 15 is 0 Å². The average molecular weight is 423 g/mol. The third kappa shape index (κ3) is 8.77. The predicted molar refractivity (Wildman–Crippen MR) is 134 cm³/mol. The van der Waals surface area contributed by atoms with Crippen molar-refractivity contribution in [1.29, 1.82) is 0 Å². The first-order valence-corrected chi connectivity index (χ1v) is 12.6. The molecule has 0 N–H and O–H groups in total. The van der Waals surface area contributed by atoms with Crippen molar-refractivity contribution in [3.63, 3.8) is 0 Å². The summed E-state index contributed by atoms with van der Waals surface area (Å²) >= 11 is 0. The van der Waals surface area contributed by atoms with E-state index in [1.54, 1.807) is 0 Å². The van der Waals surface area contributed by atoms with Crippen molar-refractivity contribution in [2.45, 2.75) is 106 Å². The van der Waals surface area contributed by atoms with Crippen LogP contribution in [0, 0.1) is 10.8 Å². The summed E-state index contributed by atoms with van der Waals surface area (Å²) in [6.45, 7) is 24.8. The predicted octanol–water partition coefficient (Wildman–Crippen LogP) is 6.12. The highest BCUT2D eigenvalue weighted by atomic mass is 15.4. The van der Waals surface area contributed by atoms with Gasteiger partial charge in [-0.25, -0.2) is 0 Å². The Kier molecular flexibility index (Phi) is 10.7. The van der Waals surface area contributed by atoms with Crippen LogP contribution in [-0.2, 0) is 0 Å². The highest BCUT2D eigenvalue weighted by Gasteiger charge is 2.29. The number of unbranched alkanes of at least 4 members (excludes halogenated alkanes) is 1. The molecule has 0 radical (unpaired) electrons. The molecule has 30 heavy (non-hydrogen) atoms. The van der Waals surface area contributed by atoms with Crippen LogP contribution < -0.4 is 0 Å². The molecule has 0 aromatic rings. The Morgan fingerprint density at radius 3 is 1.90 bits per heavy atom. The van der Waals surface area contributed by atoms with Crippen molar-refractivity contribution in [3.05, 3.63) is 0 Å². The molecule has 4 heteroatoms. The molecule has 1 aliphatic heterocycles. The zero-order chi connectivity index (χ0) is 23.0. The zero-order valence-corrected chi connectivity index (χ0v) is 22.3. The monoisotopic (exact) mass is 422 g/mol.